The van der Waals surface area contributed by atoms with Crippen LogP contribution in [0.25, 0.3) is 0 Å². The van der Waals surface area contributed by atoms with Crippen molar-refractivity contribution in [2.24, 2.45) is 15.9 Å². The summed E-state index contributed by atoms with van der Waals surface area (Å²) in [5.74, 6) is 0.632. The monoisotopic (exact) mass is 451 g/mol. The van der Waals surface area contributed by atoms with Crippen molar-refractivity contribution in [3.05, 3.63) is 48.2 Å². The highest BCUT2D eigenvalue weighted by molar-refractivity contribution is 6.68. The van der Waals surface area contributed by atoms with Crippen LogP contribution in [0.4, 0.5) is 0 Å². The molecule has 2 rings (SSSR count). The summed E-state index contributed by atoms with van der Waals surface area (Å²) in [6, 6.07) is 9.89. The molecule has 1 unspecified atom stereocenters. The van der Waals surface area contributed by atoms with E-state index >= 15 is 0 Å². The molecule has 0 bridgehead atoms. The molecular formula is C26H45B2N4O. The maximum absolute atomic E-state index is 12.5. The Morgan fingerprint density at radius 3 is 2.30 bits per heavy atom. The van der Waals surface area contributed by atoms with Crippen molar-refractivity contribution in [3.63, 3.8) is 0 Å². The van der Waals surface area contributed by atoms with E-state index in [0.717, 1.165) is 29.8 Å². The second kappa shape index (κ2) is 19.2. The lowest BCUT2D eigenvalue weighted by atomic mass is 9.40. The largest absolute Gasteiger partial charge is 0.395 e. The van der Waals surface area contributed by atoms with Crippen molar-refractivity contribution in [1.29, 1.82) is 0 Å². The van der Waals surface area contributed by atoms with E-state index in [1.807, 2.05) is 18.2 Å². The highest BCUT2D eigenvalue weighted by atomic mass is 16.2. The summed E-state index contributed by atoms with van der Waals surface area (Å²) in [7, 11) is 2.17. The van der Waals surface area contributed by atoms with Gasteiger partial charge in [-0.1, -0.05) is 97.8 Å². The molecule has 0 saturated heterocycles. The Balaban J connectivity index is 0.00000129. The van der Waals surface area contributed by atoms with E-state index in [1.54, 1.807) is 6.21 Å². The number of carbonyl (C=O) groups is 1. The number of carbonyl (C=O) groups excluding carboxylic acids is 1. The molecule has 0 saturated carbocycles. The number of rotatable bonds is 10. The molecule has 5 nitrogen and oxygen atoms in total. The van der Waals surface area contributed by atoms with Crippen LogP contribution in [0.3, 0.4) is 0 Å². The van der Waals surface area contributed by atoms with Gasteiger partial charge in [-0.2, -0.15) is 0 Å². The lowest BCUT2D eigenvalue weighted by Gasteiger charge is -2.24. The molecule has 2 N–H and O–H groups in total. The van der Waals surface area contributed by atoms with Crippen molar-refractivity contribution >= 4 is 31.8 Å². The van der Waals surface area contributed by atoms with Crippen LogP contribution in [0.2, 0.25) is 19.9 Å². The molecule has 1 aromatic rings. The van der Waals surface area contributed by atoms with Gasteiger partial charge in [-0.3, -0.25) is 14.8 Å². The minimum absolute atomic E-state index is 0.202. The van der Waals surface area contributed by atoms with E-state index in [-0.39, 0.29) is 11.9 Å². The number of hydrogen-bond donors (Lipinski definition) is 2. The molecule has 1 amide bonds. The van der Waals surface area contributed by atoms with Crippen LogP contribution in [0.5, 0.6) is 0 Å². The van der Waals surface area contributed by atoms with E-state index in [0.29, 0.717) is 31.9 Å². The minimum Gasteiger partial charge on any atom is -0.395 e. The Hall–Kier alpha value is -2.30. The molecule has 1 aromatic carbocycles. The fourth-order valence-corrected chi connectivity index (χ4v) is 2.81. The second-order valence-corrected chi connectivity index (χ2v) is 9.11. The summed E-state index contributed by atoms with van der Waals surface area (Å²) in [5, 5.41) is 6.45. The summed E-state index contributed by atoms with van der Waals surface area (Å²) in [5.41, 5.74) is 2.35. The number of benzene rings is 1. The van der Waals surface area contributed by atoms with Crippen molar-refractivity contribution in [2.75, 3.05) is 19.5 Å². The van der Waals surface area contributed by atoms with E-state index in [4.69, 9.17) is 0 Å². The predicted octanol–water partition coefficient (Wildman–Crippen LogP) is 4.79. The molecule has 0 aromatic heterocycles. The minimum atomic E-state index is -0.208. The first-order valence-electron chi connectivity index (χ1n) is 12.3. The van der Waals surface area contributed by atoms with Crippen molar-refractivity contribution in [2.45, 2.75) is 73.4 Å². The summed E-state index contributed by atoms with van der Waals surface area (Å²) < 4.78 is 0. The van der Waals surface area contributed by atoms with Crippen LogP contribution in [-0.4, -0.2) is 57.4 Å². The molecule has 1 heterocycles. The third-order valence-corrected chi connectivity index (χ3v) is 4.28. The fourth-order valence-electron chi connectivity index (χ4n) is 2.81. The molecule has 1 radical (unpaired) electrons. The van der Waals surface area contributed by atoms with Crippen LogP contribution in [0.1, 0.15) is 46.6 Å². The Morgan fingerprint density at radius 1 is 1.18 bits per heavy atom. The maximum atomic E-state index is 12.5. The summed E-state index contributed by atoms with van der Waals surface area (Å²) >= 11 is 0. The number of amides is 1. The molecule has 33 heavy (non-hydrogen) atoms. The molecule has 1 aliphatic rings. The summed E-state index contributed by atoms with van der Waals surface area (Å²) in [6.45, 7) is 20.9. The Kier molecular flexibility index (Phi) is 17.9. The summed E-state index contributed by atoms with van der Waals surface area (Å²) in [4.78, 5) is 20.9. The van der Waals surface area contributed by atoms with Gasteiger partial charge in [-0.25, -0.2) is 0 Å². The first-order chi connectivity index (χ1) is 15.7. The normalized spacial score (nSPS) is 12.8. The van der Waals surface area contributed by atoms with E-state index < -0.39 is 0 Å². The zero-order chi connectivity index (χ0) is 25.1. The average Bonchev–Trinajstić information content (AvgIpc) is 2.78. The quantitative estimate of drug-likeness (QED) is 0.503. The lowest BCUT2D eigenvalue weighted by molar-refractivity contribution is -0.115. The summed E-state index contributed by atoms with van der Waals surface area (Å²) in [6.07, 6.45) is 5.35. The molecular weight excluding hydrogens is 406 g/mol. The molecule has 1 atom stereocenters. The van der Waals surface area contributed by atoms with Crippen molar-refractivity contribution in [1.82, 2.24) is 10.6 Å². The topological polar surface area (TPSA) is 65.8 Å². The van der Waals surface area contributed by atoms with Gasteiger partial charge in [-0.15, -0.1) is 0 Å². The van der Waals surface area contributed by atoms with Gasteiger partial charge in [0.1, 0.15) is 5.71 Å². The fraction of sp³-hybridized carbons (Fsp3) is 0.577. The van der Waals surface area contributed by atoms with Gasteiger partial charge in [0.05, 0.1) is 32.6 Å². The molecule has 181 valence electrons. The van der Waals surface area contributed by atoms with Crippen LogP contribution in [0, 0.1) is 5.92 Å². The molecule has 0 spiro atoms. The smallest absolute Gasteiger partial charge is 0.271 e. The third kappa shape index (κ3) is 16.0. The molecule has 1 aliphatic heterocycles. The van der Waals surface area contributed by atoms with Gasteiger partial charge in [0.15, 0.2) is 6.71 Å². The number of aliphatic imine (C=N–C) groups is 2. The lowest BCUT2D eigenvalue weighted by Crippen LogP contribution is -2.46. The standard InChI is InChI=1S/C19H27B2N4O.C4H10.C3H8/c1-15(24-14-21(3)13-20-2)17(11-16-7-5-4-6-8-16)25-19(26)18-12-22-9-10-23-18;1-4(2)3;1-3-2/h4-8,12,17,24H,1,9-11,13-14H2,2-3H3,(H,25,26);4H,1-3H3;3H2,1-2H3. The zero-order valence-electron chi connectivity index (χ0n) is 22.0. The molecule has 0 aliphatic carbocycles. The molecule has 0 fully saturated rings. The number of nitrogens with zero attached hydrogens (tertiary/aromatic N) is 2. The van der Waals surface area contributed by atoms with Gasteiger partial charge in [0, 0.05) is 5.70 Å². The van der Waals surface area contributed by atoms with E-state index in [2.05, 4.69) is 94.9 Å². The first kappa shape index (κ1) is 30.7. The van der Waals surface area contributed by atoms with Crippen LogP contribution >= 0.6 is 0 Å². The predicted molar refractivity (Wildman–Crippen MR) is 149 cm³/mol. The highest BCUT2D eigenvalue weighted by Crippen LogP contribution is 2.08. The number of nitrogens with one attached hydrogen (secondary N) is 2. The number of hydrogen-bond acceptors (Lipinski definition) is 4. The Labute approximate surface area is 204 Å². The van der Waals surface area contributed by atoms with Gasteiger partial charge >= 0.3 is 0 Å². The van der Waals surface area contributed by atoms with E-state index in [9.17, 15) is 4.79 Å². The maximum Gasteiger partial charge on any atom is 0.271 e. The Morgan fingerprint density at radius 2 is 1.79 bits per heavy atom. The Bertz CT molecular complexity index is 718. The van der Waals surface area contributed by atoms with Crippen LogP contribution in [0.15, 0.2) is 52.6 Å². The second-order valence-electron chi connectivity index (χ2n) is 9.11. The van der Waals surface area contributed by atoms with Crippen LogP contribution in [-0.2, 0) is 11.2 Å². The zero-order valence-corrected chi connectivity index (χ0v) is 22.0. The van der Waals surface area contributed by atoms with Crippen molar-refractivity contribution in [3.8, 4) is 0 Å². The van der Waals surface area contributed by atoms with Gasteiger partial charge in [0.25, 0.3) is 5.91 Å². The van der Waals surface area contributed by atoms with Gasteiger partial charge in [-0.05, 0) is 24.3 Å². The highest BCUT2D eigenvalue weighted by Gasteiger charge is 2.20. The SMILES string of the molecule is C=C(NCB(C)C[B]C)C(Cc1ccccc1)NC(=O)C1=NCCN=C1.CC(C)C.CCC. The van der Waals surface area contributed by atoms with Gasteiger partial charge in [0.2, 0.25) is 0 Å². The van der Waals surface area contributed by atoms with E-state index in [1.165, 1.54) is 6.42 Å². The average molecular weight is 451 g/mol. The van der Waals surface area contributed by atoms with Crippen molar-refractivity contribution < 1.29 is 4.79 Å². The third-order valence-electron chi connectivity index (χ3n) is 4.28. The van der Waals surface area contributed by atoms with Crippen LogP contribution < -0.4 is 10.6 Å². The first-order valence-corrected chi connectivity index (χ1v) is 12.3. The van der Waals surface area contributed by atoms with Gasteiger partial charge < -0.3 is 10.6 Å². The molecule has 7 heteroatoms.